The highest BCUT2D eigenvalue weighted by molar-refractivity contribution is 5.06. The number of aliphatic hydroxyl groups excluding tert-OH is 1. The maximum absolute atomic E-state index is 12.3. The van der Waals surface area contributed by atoms with Crippen LogP contribution in [-0.2, 0) is 0 Å². The second-order valence-corrected chi connectivity index (χ2v) is 2.06. The van der Waals surface area contributed by atoms with E-state index in [2.05, 4.69) is 4.98 Å². The van der Waals surface area contributed by atoms with Gasteiger partial charge in [-0.1, -0.05) is 6.07 Å². The maximum atomic E-state index is 12.3. The zero-order valence-corrected chi connectivity index (χ0v) is 5.58. The Kier molecular flexibility index (Phi) is 1.97. The minimum Gasteiger partial charge on any atom is -0.387 e. The van der Waals surface area contributed by atoms with Crippen LogP contribution in [0, 0.1) is 5.95 Å². The zero-order valence-electron chi connectivity index (χ0n) is 5.58. The molecule has 0 radical (unpaired) electrons. The van der Waals surface area contributed by atoms with Gasteiger partial charge >= 0.3 is 0 Å². The molecule has 1 rings (SSSR count). The second-order valence-electron chi connectivity index (χ2n) is 2.06. The molecule has 1 aromatic heterocycles. The first-order valence-electron chi connectivity index (χ1n) is 3.00. The number of nitrogens with zero attached hydrogens (tertiary/aromatic N) is 1. The Morgan fingerprint density at radius 1 is 1.60 bits per heavy atom. The molecular weight excluding hydrogens is 133 g/mol. The van der Waals surface area contributed by atoms with Crippen LogP contribution in [0.25, 0.3) is 0 Å². The Morgan fingerprint density at radius 2 is 2.30 bits per heavy atom. The lowest BCUT2D eigenvalue weighted by Crippen LogP contribution is -1.96. The van der Waals surface area contributed by atoms with Gasteiger partial charge in [0.2, 0.25) is 5.95 Å². The van der Waals surface area contributed by atoms with Gasteiger partial charge in [0.1, 0.15) is 0 Å². The summed E-state index contributed by atoms with van der Waals surface area (Å²) >= 11 is 0. The minimum atomic E-state index is -0.698. The third-order valence-corrected chi connectivity index (χ3v) is 1.16. The Morgan fingerprint density at radius 3 is 2.70 bits per heavy atom. The molecule has 2 nitrogen and oxygen atoms in total. The second kappa shape index (κ2) is 2.75. The van der Waals surface area contributed by atoms with E-state index in [4.69, 9.17) is 5.11 Å². The van der Waals surface area contributed by atoms with Crippen LogP contribution in [0.5, 0.6) is 0 Å². The molecule has 0 aliphatic rings. The molecule has 0 aromatic carbocycles. The molecule has 54 valence electrons. The zero-order chi connectivity index (χ0) is 7.56. The highest BCUT2D eigenvalue weighted by Gasteiger charge is 2.01. The molecule has 0 saturated heterocycles. The molecule has 0 amide bonds. The Labute approximate surface area is 58.3 Å². The molecule has 3 heteroatoms. The first-order valence-corrected chi connectivity index (χ1v) is 3.00. The van der Waals surface area contributed by atoms with Gasteiger partial charge in [0, 0.05) is 0 Å². The average molecular weight is 141 g/mol. The topological polar surface area (TPSA) is 33.1 Å². The van der Waals surface area contributed by atoms with Crippen LogP contribution in [-0.4, -0.2) is 10.1 Å². The lowest BCUT2D eigenvalue weighted by Gasteiger charge is -2.00. The van der Waals surface area contributed by atoms with Gasteiger partial charge in [0.15, 0.2) is 0 Å². The molecule has 0 saturated carbocycles. The predicted molar refractivity (Wildman–Crippen MR) is 34.8 cm³/mol. The molecule has 0 spiro atoms. The number of pyridine rings is 1. The average Bonchev–Trinajstić information content (AvgIpc) is 1.88. The monoisotopic (exact) mass is 141 g/mol. The summed E-state index contributed by atoms with van der Waals surface area (Å²) in [6, 6.07) is 4.34. The van der Waals surface area contributed by atoms with Crippen molar-refractivity contribution in [2.45, 2.75) is 13.0 Å². The number of aromatic nitrogens is 1. The SMILES string of the molecule is C[C@H](O)c1cccc(F)n1. The van der Waals surface area contributed by atoms with E-state index in [1.165, 1.54) is 12.1 Å². The summed E-state index contributed by atoms with van der Waals surface area (Å²) in [5, 5.41) is 8.92. The number of halogens is 1. The number of rotatable bonds is 1. The van der Waals surface area contributed by atoms with E-state index >= 15 is 0 Å². The standard InChI is InChI=1S/C7H8FNO/c1-5(10)6-3-2-4-7(8)9-6/h2-5,10H,1H3/t5-/m0/s1. The Bertz CT molecular complexity index is 225. The number of aliphatic hydroxyl groups is 1. The fraction of sp³-hybridized carbons (Fsp3) is 0.286. The lowest BCUT2D eigenvalue weighted by atomic mass is 10.2. The number of hydrogen-bond donors (Lipinski definition) is 1. The first-order chi connectivity index (χ1) is 4.70. The van der Waals surface area contributed by atoms with Crippen molar-refractivity contribution in [1.82, 2.24) is 4.98 Å². The highest BCUT2D eigenvalue weighted by Crippen LogP contribution is 2.07. The van der Waals surface area contributed by atoms with Gasteiger partial charge in [0.05, 0.1) is 11.8 Å². The van der Waals surface area contributed by atoms with Crippen molar-refractivity contribution in [1.29, 1.82) is 0 Å². The molecule has 0 aliphatic carbocycles. The van der Waals surface area contributed by atoms with Gasteiger partial charge in [-0.15, -0.1) is 0 Å². The van der Waals surface area contributed by atoms with Gasteiger partial charge in [-0.3, -0.25) is 0 Å². The van der Waals surface area contributed by atoms with E-state index in [-0.39, 0.29) is 0 Å². The third kappa shape index (κ3) is 1.51. The quantitative estimate of drug-likeness (QED) is 0.597. The van der Waals surface area contributed by atoms with E-state index in [9.17, 15) is 4.39 Å². The van der Waals surface area contributed by atoms with Crippen LogP contribution in [0.1, 0.15) is 18.7 Å². The van der Waals surface area contributed by atoms with Crippen LogP contribution < -0.4 is 0 Å². The van der Waals surface area contributed by atoms with E-state index in [1.54, 1.807) is 13.0 Å². The molecule has 10 heavy (non-hydrogen) atoms. The largest absolute Gasteiger partial charge is 0.387 e. The molecular formula is C7H8FNO. The molecule has 1 aromatic rings. The van der Waals surface area contributed by atoms with Crippen LogP contribution >= 0.6 is 0 Å². The Hall–Kier alpha value is -0.960. The van der Waals surface area contributed by atoms with E-state index in [0.29, 0.717) is 5.69 Å². The summed E-state index contributed by atoms with van der Waals surface area (Å²) < 4.78 is 12.3. The highest BCUT2D eigenvalue weighted by atomic mass is 19.1. The first kappa shape index (κ1) is 7.15. The van der Waals surface area contributed by atoms with Crippen molar-refractivity contribution in [3.63, 3.8) is 0 Å². The summed E-state index contributed by atoms with van der Waals surface area (Å²) in [5.74, 6) is -0.557. The number of hydrogen-bond acceptors (Lipinski definition) is 2. The van der Waals surface area contributed by atoms with E-state index in [1.807, 2.05) is 0 Å². The van der Waals surface area contributed by atoms with E-state index < -0.39 is 12.1 Å². The van der Waals surface area contributed by atoms with Crippen LogP contribution in [0.2, 0.25) is 0 Å². The van der Waals surface area contributed by atoms with Gasteiger partial charge < -0.3 is 5.11 Å². The van der Waals surface area contributed by atoms with Crippen molar-refractivity contribution in [3.05, 3.63) is 29.8 Å². The fourth-order valence-electron chi connectivity index (χ4n) is 0.657. The van der Waals surface area contributed by atoms with Crippen molar-refractivity contribution in [2.75, 3.05) is 0 Å². The molecule has 0 fully saturated rings. The van der Waals surface area contributed by atoms with E-state index in [0.717, 1.165) is 0 Å². The van der Waals surface area contributed by atoms with Gasteiger partial charge in [-0.2, -0.15) is 4.39 Å². The molecule has 1 atom stereocenters. The Balaban J connectivity index is 2.96. The van der Waals surface area contributed by atoms with Crippen LogP contribution in [0.3, 0.4) is 0 Å². The molecule has 1 N–H and O–H groups in total. The normalized spacial score (nSPS) is 13.1. The van der Waals surface area contributed by atoms with Crippen molar-refractivity contribution >= 4 is 0 Å². The summed E-state index contributed by atoms with van der Waals surface area (Å²) in [6.45, 7) is 1.54. The minimum absolute atomic E-state index is 0.361. The molecule has 0 aliphatic heterocycles. The summed E-state index contributed by atoms with van der Waals surface area (Å²) in [6.07, 6.45) is -0.698. The molecule has 0 bridgehead atoms. The third-order valence-electron chi connectivity index (χ3n) is 1.16. The summed E-state index contributed by atoms with van der Waals surface area (Å²) in [7, 11) is 0. The smallest absolute Gasteiger partial charge is 0.213 e. The fourth-order valence-corrected chi connectivity index (χ4v) is 0.657. The summed E-state index contributed by atoms with van der Waals surface area (Å²) in [5.41, 5.74) is 0.361. The van der Waals surface area contributed by atoms with Crippen molar-refractivity contribution in [3.8, 4) is 0 Å². The lowest BCUT2D eigenvalue weighted by molar-refractivity contribution is 0.193. The van der Waals surface area contributed by atoms with Gasteiger partial charge in [-0.25, -0.2) is 4.98 Å². The van der Waals surface area contributed by atoms with Crippen LogP contribution in [0.15, 0.2) is 18.2 Å². The molecule has 1 heterocycles. The van der Waals surface area contributed by atoms with Crippen molar-refractivity contribution < 1.29 is 9.50 Å². The van der Waals surface area contributed by atoms with Gasteiger partial charge in [0.25, 0.3) is 0 Å². The maximum Gasteiger partial charge on any atom is 0.213 e. The predicted octanol–water partition coefficient (Wildman–Crippen LogP) is 1.27. The van der Waals surface area contributed by atoms with Crippen LogP contribution in [0.4, 0.5) is 4.39 Å². The van der Waals surface area contributed by atoms with Crippen molar-refractivity contribution in [2.24, 2.45) is 0 Å². The molecule has 0 unspecified atom stereocenters. The summed E-state index contributed by atoms with van der Waals surface area (Å²) in [4.78, 5) is 3.46. The van der Waals surface area contributed by atoms with Gasteiger partial charge in [-0.05, 0) is 19.1 Å².